The zero-order chi connectivity index (χ0) is 20.6. The Balaban J connectivity index is 2.12. The molecule has 0 saturated heterocycles. The van der Waals surface area contributed by atoms with E-state index in [1.807, 2.05) is 0 Å². The van der Waals surface area contributed by atoms with Crippen molar-refractivity contribution in [2.24, 2.45) is 0 Å². The van der Waals surface area contributed by atoms with Crippen LogP contribution in [0.25, 0.3) is 11.1 Å². The third-order valence-corrected chi connectivity index (χ3v) is 5.85. The van der Waals surface area contributed by atoms with Crippen LogP contribution < -0.4 is 4.72 Å². The number of para-hydroxylation sites is 1. The number of benzene rings is 2. The van der Waals surface area contributed by atoms with E-state index in [4.69, 9.17) is 0 Å². The summed E-state index contributed by atoms with van der Waals surface area (Å²) in [4.78, 5) is 11.6. The van der Waals surface area contributed by atoms with E-state index in [1.165, 1.54) is 18.2 Å². The summed E-state index contributed by atoms with van der Waals surface area (Å²) in [7, 11) is -3.63. The van der Waals surface area contributed by atoms with Crippen molar-refractivity contribution in [2.75, 3.05) is 10.5 Å². The Bertz CT molecular complexity index is 909. The standard InChI is InChI=1S/C21H27NO5S/c1-2-3-4-5-6-9-14-28(26,27)22-19-13-12-16(15-18(19)21(24)25)17-10-7-8-11-20(17)23/h7-8,10-13,15,22-23H,2-6,9,14H2,1H3,(H,24,25). The van der Waals surface area contributed by atoms with E-state index < -0.39 is 16.0 Å². The van der Waals surface area contributed by atoms with Gasteiger partial charge in [-0.1, -0.05) is 63.3 Å². The summed E-state index contributed by atoms with van der Waals surface area (Å²) in [6, 6.07) is 10.9. The summed E-state index contributed by atoms with van der Waals surface area (Å²) in [6.45, 7) is 2.12. The summed E-state index contributed by atoms with van der Waals surface area (Å²) in [5.41, 5.74) is 0.839. The van der Waals surface area contributed by atoms with Gasteiger partial charge in [0.2, 0.25) is 10.0 Å². The number of phenols is 1. The molecule has 0 bridgehead atoms. The molecule has 3 N–H and O–H groups in total. The molecule has 0 saturated carbocycles. The van der Waals surface area contributed by atoms with Crippen molar-refractivity contribution in [2.45, 2.75) is 45.4 Å². The zero-order valence-corrected chi connectivity index (χ0v) is 16.8. The Morgan fingerprint density at radius 3 is 2.36 bits per heavy atom. The topological polar surface area (TPSA) is 104 Å². The Morgan fingerprint density at radius 1 is 1.00 bits per heavy atom. The molecular formula is C21H27NO5S. The highest BCUT2D eigenvalue weighted by Gasteiger charge is 2.18. The summed E-state index contributed by atoms with van der Waals surface area (Å²) < 4.78 is 27.0. The highest BCUT2D eigenvalue weighted by Crippen LogP contribution is 2.31. The molecule has 0 unspecified atom stereocenters. The molecule has 0 fully saturated rings. The fourth-order valence-corrected chi connectivity index (χ4v) is 4.19. The number of unbranched alkanes of at least 4 members (excludes halogenated alkanes) is 5. The predicted octanol–water partition coefficient (Wildman–Crippen LogP) is 4.86. The molecule has 0 aromatic heterocycles. The molecule has 2 aromatic rings. The summed E-state index contributed by atoms with van der Waals surface area (Å²) in [6.07, 6.45) is 5.75. The van der Waals surface area contributed by atoms with E-state index in [0.29, 0.717) is 17.5 Å². The zero-order valence-electron chi connectivity index (χ0n) is 16.0. The molecule has 0 aliphatic carbocycles. The van der Waals surface area contributed by atoms with E-state index in [2.05, 4.69) is 11.6 Å². The second-order valence-corrected chi connectivity index (χ2v) is 8.61. The van der Waals surface area contributed by atoms with Crippen LogP contribution in [0.15, 0.2) is 42.5 Å². The van der Waals surface area contributed by atoms with Crippen molar-refractivity contribution in [3.63, 3.8) is 0 Å². The number of nitrogens with one attached hydrogen (secondary N) is 1. The number of hydrogen-bond acceptors (Lipinski definition) is 4. The van der Waals surface area contributed by atoms with Gasteiger partial charge in [-0.05, 0) is 30.2 Å². The van der Waals surface area contributed by atoms with Crippen LogP contribution in [-0.2, 0) is 10.0 Å². The van der Waals surface area contributed by atoms with Crippen LogP contribution >= 0.6 is 0 Å². The van der Waals surface area contributed by atoms with Crippen LogP contribution in [0.3, 0.4) is 0 Å². The lowest BCUT2D eigenvalue weighted by Gasteiger charge is -2.13. The molecule has 0 spiro atoms. The highest BCUT2D eigenvalue weighted by atomic mass is 32.2. The molecular weight excluding hydrogens is 378 g/mol. The number of aromatic carboxylic acids is 1. The molecule has 0 amide bonds. The first kappa shape index (κ1) is 21.8. The first-order valence-electron chi connectivity index (χ1n) is 9.50. The predicted molar refractivity (Wildman–Crippen MR) is 111 cm³/mol. The van der Waals surface area contributed by atoms with Gasteiger partial charge in [0, 0.05) is 5.56 Å². The van der Waals surface area contributed by atoms with Crippen molar-refractivity contribution in [1.29, 1.82) is 0 Å². The van der Waals surface area contributed by atoms with Crippen LogP contribution in [0, 0.1) is 0 Å². The number of sulfonamides is 1. The van der Waals surface area contributed by atoms with E-state index >= 15 is 0 Å². The molecule has 0 atom stereocenters. The average Bonchev–Trinajstić information content (AvgIpc) is 2.65. The van der Waals surface area contributed by atoms with Crippen molar-refractivity contribution in [3.05, 3.63) is 48.0 Å². The van der Waals surface area contributed by atoms with Gasteiger partial charge in [-0.25, -0.2) is 13.2 Å². The van der Waals surface area contributed by atoms with Gasteiger partial charge >= 0.3 is 5.97 Å². The minimum atomic E-state index is -3.63. The molecule has 0 heterocycles. The van der Waals surface area contributed by atoms with Crippen LogP contribution in [-0.4, -0.2) is 30.4 Å². The van der Waals surface area contributed by atoms with Gasteiger partial charge in [0.15, 0.2) is 0 Å². The molecule has 2 aromatic carbocycles. The third kappa shape index (κ3) is 6.27. The number of aromatic hydroxyl groups is 1. The van der Waals surface area contributed by atoms with Gasteiger partial charge in [-0.2, -0.15) is 0 Å². The third-order valence-electron chi connectivity index (χ3n) is 4.50. The van der Waals surface area contributed by atoms with Crippen LogP contribution in [0.2, 0.25) is 0 Å². The summed E-state index contributed by atoms with van der Waals surface area (Å²) in [5.74, 6) is -1.26. The van der Waals surface area contributed by atoms with Gasteiger partial charge in [0.1, 0.15) is 5.75 Å². The minimum absolute atomic E-state index is 0.0234. The van der Waals surface area contributed by atoms with Crippen molar-refractivity contribution in [1.82, 2.24) is 0 Å². The molecule has 0 radical (unpaired) electrons. The number of phenolic OH excluding ortho intramolecular Hbond substituents is 1. The second-order valence-electron chi connectivity index (χ2n) is 6.77. The molecule has 6 nitrogen and oxygen atoms in total. The van der Waals surface area contributed by atoms with Crippen molar-refractivity contribution >= 4 is 21.7 Å². The normalized spacial score (nSPS) is 11.3. The molecule has 7 heteroatoms. The molecule has 0 aliphatic heterocycles. The number of carbonyl (C=O) groups is 1. The number of anilines is 1. The minimum Gasteiger partial charge on any atom is -0.507 e. The lowest BCUT2D eigenvalue weighted by molar-refractivity contribution is 0.0698. The Hall–Kier alpha value is -2.54. The highest BCUT2D eigenvalue weighted by molar-refractivity contribution is 7.92. The smallest absolute Gasteiger partial charge is 0.337 e. The average molecular weight is 406 g/mol. The summed E-state index contributed by atoms with van der Waals surface area (Å²) in [5, 5.41) is 19.5. The molecule has 0 aliphatic rings. The lowest BCUT2D eigenvalue weighted by Crippen LogP contribution is -2.18. The number of hydrogen-bond donors (Lipinski definition) is 3. The monoisotopic (exact) mass is 405 g/mol. The number of carboxylic acid groups (broad SMARTS) is 1. The maximum absolute atomic E-state index is 12.3. The van der Waals surface area contributed by atoms with Crippen LogP contribution in [0.5, 0.6) is 5.75 Å². The molecule has 2 rings (SSSR count). The second kappa shape index (κ2) is 10.1. The van der Waals surface area contributed by atoms with E-state index in [0.717, 1.165) is 32.1 Å². The first-order chi connectivity index (χ1) is 13.3. The number of rotatable bonds is 11. The van der Waals surface area contributed by atoms with Gasteiger partial charge in [-0.3, -0.25) is 4.72 Å². The Morgan fingerprint density at radius 2 is 1.68 bits per heavy atom. The number of carboxylic acids is 1. The van der Waals surface area contributed by atoms with Crippen LogP contribution in [0.1, 0.15) is 55.8 Å². The van der Waals surface area contributed by atoms with Gasteiger partial charge in [0.05, 0.1) is 17.0 Å². The Labute approximate surface area is 166 Å². The largest absolute Gasteiger partial charge is 0.507 e. The lowest BCUT2D eigenvalue weighted by atomic mass is 10.0. The fraction of sp³-hybridized carbons (Fsp3) is 0.381. The maximum atomic E-state index is 12.3. The van der Waals surface area contributed by atoms with Gasteiger partial charge in [-0.15, -0.1) is 0 Å². The Kier molecular flexibility index (Phi) is 7.87. The SMILES string of the molecule is CCCCCCCCS(=O)(=O)Nc1ccc(-c2ccccc2O)cc1C(=O)O. The van der Waals surface area contributed by atoms with E-state index in [1.54, 1.807) is 24.3 Å². The van der Waals surface area contributed by atoms with Crippen molar-refractivity contribution < 1.29 is 23.4 Å². The maximum Gasteiger partial charge on any atom is 0.337 e. The fourth-order valence-electron chi connectivity index (χ4n) is 2.99. The van der Waals surface area contributed by atoms with Gasteiger partial charge in [0.25, 0.3) is 0 Å². The van der Waals surface area contributed by atoms with E-state index in [9.17, 15) is 23.4 Å². The van der Waals surface area contributed by atoms with Crippen LogP contribution in [0.4, 0.5) is 5.69 Å². The summed E-state index contributed by atoms with van der Waals surface area (Å²) >= 11 is 0. The van der Waals surface area contributed by atoms with Crippen molar-refractivity contribution in [3.8, 4) is 16.9 Å². The van der Waals surface area contributed by atoms with Gasteiger partial charge < -0.3 is 10.2 Å². The molecule has 28 heavy (non-hydrogen) atoms. The van der Waals surface area contributed by atoms with E-state index in [-0.39, 0.29) is 22.8 Å². The first-order valence-corrected chi connectivity index (χ1v) is 11.2. The molecule has 152 valence electrons. The quantitative estimate of drug-likeness (QED) is 0.463.